The van der Waals surface area contributed by atoms with Crippen molar-refractivity contribution in [3.63, 3.8) is 0 Å². The summed E-state index contributed by atoms with van der Waals surface area (Å²) < 4.78 is 30.4. The molecule has 0 saturated carbocycles. The first kappa shape index (κ1) is 23.6. The molecule has 32 heavy (non-hydrogen) atoms. The van der Waals surface area contributed by atoms with Crippen LogP contribution in [0, 0.1) is 0 Å². The Balaban J connectivity index is 2.14. The van der Waals surface area contributed by atoms with E-state index in [-0.39, 0.29) is 0 Å². The third kappa shape index (κ3) is 4.89. The van der Waals surface area contributed by atoms with Crippen LogP contribution >= 0.6 is 11.3 Å². The van der Waals surface area contributed by atoms with Crippen LogP contribution in [0.15, 0.2) is 35.3 Å². The maximum Gasteiger partial charge on any atom is 0.279 e. The van der Waals surface area contributed by atoms with Crippen LogP contribution in [0.2, 0.25) is 0 Å². The summed E-state index contributed by atoms with van der Waals surface area (Å²) in [5.74, 6) is 1.54. The van der Waals surface area contributed by atoms with Crippen LogP contribution in [0.5, 0.6) is 23.0 Å². The number of nitrogens with zero attached hydrogens (tertiary/aromatic N) is 2. The van der Waals surface area contributed by atoms with E-state index in [1.54, 1.807) is 12.1 Å². The lowest BCUT2D eigenvalue weighted by Gasteiger charge is -2.13. The van der Waals surface area contributed by atoms with Crippen molar-refractivity contribution < 1.29 is 28.5 Å². The van der Waals surface area contributed by atoms with Crippen LogP contribution in [0.3, 0.4) is 0 Å². The molecule has 0 N–H and O–H groups in total. The molecule has 0 aliphatic rings. The topological polar surface area (TPSA) is 80.5 Å². The van der Waals surface area contributed by atoms with Gasteiger partial charge in [-0.25, -0.2) is 0 Å². The molecule has 0 aliphatic carbocycles. The number of hydrogen-bond donors (Lipinski definition) is 0. The van der Waals surface area contributed by atoms with E-state index in [9.17, 15) is 4.79 Å². The molecule has 8 nitrogen and oxygen atoms in total. The van der Waals surface area contributed by atoms with E-state index in [4.69, 9.17) is 23.7 Å². The number of para-hydroxylation sites is 1. The number of amides is 1. The van der Waals surface area contributed by atoms with Gasteiger partial charge in [0.1, 0.15) is 11.3 Å². The van der Waals surface area contributed by atoms with Gasteiger partial charge in [-0.1, -0.05) is 17.4 Å². The van der Waals surface area contributed by atoms with Crippen molar-refractivity contribution in [1.29, 1.82) is 0 Å². The van der Waals surface area contributed by atoms with Crippen LogP contribution < -0.4 is 23.7 Å². The Morgan fingerprint density at radius 1 is 1.00 bits per heavy atom. The van der Waals surface area contributed by atoms with Crippen LogP contribution in [0.1, 0.15) is 24.2 Å². The predicted octanol–water partition coefficient (Wildman–Crippen LogP) is 3.90. The van der Waals surface area contributed by atoms with Crippen molar-refractivity contribution >= 4 is 27.5 Å². The van der Waals surface area contributed by atoms with Crippen LogP contribution in [0.25, 0.3) is 10.2 Å². The van der Waals surface area contributed by atoms with Gasteiger partial charge in [0.05, 0.1) is 39.2 Å². The Hall–Kier alpha value is -3.04. The summed E-state index contributed by atoms with van der Waals surface area (Å²) in [6.45, 7) is 6.07. The van der Waals surface area contributed by atoms with Gasteiger partial charge in [0.25, 0.3) is 5.91 Å². The molecular formula is C23H28N2O6S. The van der Waals surface area contributed by atoms with Gasteiger partial charge in [0.15, 0.2) is 16.3 Å². The molecule has 0 bridgehead atoms. The number of fused-ring (bicyclic) bond motifs is 1. The van der Waals surface area contributed by atoms with E-state index in [1.807, 2.05) is 36.6 Å². The molecule has 0 saturated heterocycles. The average molecular weight is 461 g/mol. The summed E-state index contributed by atoms with van der Waals surface area (Å²) in [4.78, 5) is 18.1. The first-order valence-corrected chi connectivity index (χ1v) is 11.1. The van der Waals surface area contributed by atoms with E-state index in [1.165, 1.54) is 32.7 Å². The lowest BCUT2D eigenvalue weighted by atomic mass is 10.1. The minimum atomic E-state index is -0.418. The number of carbonyl (C=O) groups excluding carboxylic acids is 1. The second kappa shape index (κ2) is 11.0. The highest BCUT2D eigenvalue weighted by Crippen LogP contribution is 2.38. The SMILES string of the molecule is CCOCCn1c(=NC(=O)c2cc(OC)c(OC)c(OC)c2)sc2cccc(OCC)c21. The molecule has 0 spiro atoms. The Morgan fingerprint density at radius 2 is 1.72 bits per heavy atom. The van der Waals surface area contributed by atoms with Crippen molar-refractivity contribution in [1.82, 2.24) is 4.57 Å². The highest BCUT2D eigenvalue weighted by molar-refractivity contribution is 7.16. The fourth-order valence-corrected chi connectivity index (χ4v) is 4.39. The number of hydrogen-bond acceptors (Lipinski definition) is 7. The van der Waals surface area contributed by atoms with Crippen LogP contribution in [-0.2, 0) is 11.3 Å². The zero-order valence-electron chi connectivity index (χ0n) is 19.0. The van der Waals surface area contributed by atoms with Gasteiger partial charge >= 0.3 is 0 Å². The Morgan fingerprint density at radius 3 is 2.31 bits per heavy atom. The molecule has 2 aromatic carbocycles. The van der Waals surface area contributed by atoms with E-state index in [0.717, 1.165) is 16.0 Å². The molecule has 1 amide bonds. The lowest BCUT2D eigenvalue weighted by molar-refractivity contribution is 0.0995. The molecule has 0 unspecified atom stereocenters. The van der Waals surface area contributed by atoms with Gasteiger partial charge in [0.2, 0.25) is 5.75 Å². The zero-order valence-corrected chi connectivity index (χ0v) is 19.8. The molecule has 1 heterocycles. The van der Waals surface area contributed by atoms with Crippen LogP contribution in [-0.4, -0.2) is 51.6 Å². The number of ether oxygens (including phenoxy) is 5. The smallest absolute Gasteiger partial charge is 0.279 e. The van der Waals surface area contributed by atoms with Crippen molar-refractivity contribution in [3.8, 4) is 23.0 Å². The third-order valence-electron chi connectivity index (χ3n) is 4.74. The summed E-state index contributed by atoms with van der Waals surface area (Å²) in [6.07, 6.45) is 0. The van der Waals surface area contributed by atoms with Crippen molar-refractivity contribution in [2.24, 2.45) is 4.99 Å². The molecule has 0 radical (unpaired) electrons. The van der Waals surface area contributed by atoms with Crippen LogP contribution in [0.4, 0.5) is 0 Å². The highest BCUT2D eigenvalue weighted by atomic mass is 32.1. The zero-order chi connectivity index (χ0) is 23.1. The van der Waals surface area contributed by atoms with Gasteiger partial charge in [-0.2, -0.15) is 4.99 Å². The molecule has 0 fully saturated rings. The van der Waals surface area contributed by atoms with E-state index in [0.29, 0.717) is 54.0 Å². The second-order valence-electron chi connectivity index (χ2n) is 6.60. The van der Waals surface area contributed by atoms with Gasteiger partial charge in [-0.05, 0) is 38.1 Å². The summed E-state index contributed by atoms with van der Waals surface area (Å²) >= 11 is 1.43. The first-order valence-electron chi connectivity index (χ1n) is 10.3. The van der Waals surface area contributed by atoms with Gasteiger partial charge in [-0.15, -0.1) is 0 Å². The molecule has 0 aliphatic heterocycles. The monoisotopic (exact) mass is 460 g/mol. The van der Waals surface area contributed by atoms with E-state index in [2.05, 4.69) is 4.99 Å². The fraction of sp³-hybridized carbons (Fsp3) is 0.391. The highest BCUT2D eigenvalue weighted by Gasteiger charge is 2.18. The normalized spacial score (nSPS) is 11.6. The summed E-state index contributed by atoms with van der Waals surface area (Å²) in [7, 11) is 4.53. The number of methoxy groups -OCH3 is 3. The number of aromatic nitrogens is 1. The van der Waals surface area contributed by atoms with Gasteiger partial charge in [0, 0.05) is 18.7 Å². The molecule has 3 rings (SSSR count). The molecule has 172 valence electrons. The number of carbonyl (C=O) groups is 1. The molecule has 0 atom stereocenters. The van der Waals surface area contributed by atoms with Crippen molar-refractivity contribution in [2.75, 3.05) is 41.2 Å². The second-order valence-corrected chi connectivity index (χ2v) is 7.61. The van der Waals surface area contributed by atoms with Gasteiger partial charge in [-0.3, -0.25) is 4.79 Å². The Labute approximate surface area is 191 Å². The largest absolute Gasteiger partial charge is 0.493 e. The van der Waals surface area contributed by atoms with Crippen molar-refractivity contribution in [2.45, 2.75) is 20.4 Å². The van der Waals surface area contributed by atoms with E-state index >= 15 is 0 Å². The maximum absolute atomic E-state index is 13.1. The number of rotatable bonds is 10. The van der Waals surface area contributed by atoms with E-state index < -0.39 is 5.91 Å². The molecular weight excluding hydrogens is 432 g/mol. The fourth-order valence-electron chi connectivity index (χ4n) is 3.32. The Kier molecular flexibility index (Phi) is 8.13. The summed E-state index contributed by atoms with van der Waals surface area (Å²) in [6, 6.07) is 9.03. The summed E-state index contributed by atoms with van der Waals surface area (Å²) in [5, 5.41) is 0. The number of thiazole rings is 1. The molecule has 9 heteroatoms. The third-order valence-corrected chi connectivity index (χ3v) is 5.78. The molecule has 1 aromatic heterocycles. The quantitative estimate of drug-likeness (QED) is 0.427. The standard InChI is InChI=1S/C23H28N2O6S/c1-6-30-12-11-25-20-16(31-7-2)9-8-10-19(20)32-23(25)24-22(26)15-13-17(27-3)21(29-5)18(14-15)28-4/h8-10,13-14H,6-7,11-12H2,1-5H3. The molecule has 3 aromatic rings. The van der Waals surface area contributed by atoms with Crippen molar-refractivity contribution in [3.05, 3.63) is 40.7 Å². The Bertz CT molecular complexity index is 1130. The summed E-state index contributed by atoms with van der Waals surface area (Å²) in [5.41, 5.74) is 1.23. The maximum atomic E-state index is 13.1. The predicted molar refractivity (Wildman–Crippen MR) is 123 cm³/mol. The lowest BCUT2D eigenvalue weighted by Crippen LogP contribution is -2.20. The average Bonchev–Trinajstić information content (AvgIpc) is 3.16. The number of benzene rings is 2. The minimum absolute atomic E-state index is 0.332. The minimum Gasteiger partial charge on any atom is -0.493 e. The van der Waals surface area contributed by atoms with Gasteiger partial charge < -0.3 is 28.3 Å². The first-order chi connectivity index (χ1) is 15.6.